The number of unbranched alkanes of at least 4 members (excludes halogenated alkanes) is 7. The molecule has 0 aliphatic carbocycles. The fourth-order valence-electron chi connectivity index (χ4n) is 3.84. The van der Waals surface area contributed by atoms with Crippen LogP contribution in [0.3, 0.4) is 0 Å². The summed E-state index contributed by atoms with van der Waals surface area (Å²) in [6.07, 6.45) is 10.9. The molecule has 2 nitrogen and oxygen atoms in total. The van der Waals surface area contributed by atoms with Gasteiger partial charge in [-0.05, 0) is 53.3 Å². The third-order valence-corrected chi connectivity index (χ3v) is 5.66. The van der Waals surface area contributed by atoms with Crippen molar-refractivity contribution in [3.63, 3.8) is 0 Å². The molecule has 3 rings (SSSR count). The second kappa shape index (κ2) is 11.8. The summed E-state index contributed by atoms with van der Waals surface area (Å²) in [7, 11) is 0. The van der Waals surface area contributed by atoms with E-state index in [0.29, 0.717) is 17.7 Å². The van der Waals surface area contributed by atoms with Crippen LogP contribution in [-0.2, 0) is 0 Å². The number of hydrogen-bond acceptors (Lipinski definition) is 2. The van der Waals surface area contributed by atoms with Crippen LogP contribution in [0.25, 0.3) is 21.5 Å². The van der Waals surface area contributed by atoms with Gasteiger partial charge in [0.15, 0.2) is 11.6 Å². The van der Waals surface area contributed by atoms with Crippen molar-refractivity contribution < 1.29 is 13.9 Å². The summed E-state index contributed by atoms with van der Waals surface area (Å²) in [5.41, 5.74) is 0. The first-order chi connectivity index (χ1) is 14.7. The number of halogens is 1. The second-order valence-corrected chi connectivity index (χ2v) is 8.09. The van der Waals surface area contributed by atoms with Crippen molar-refractivity contribution in [3.8, 4) is 11.5 Å². The molecule has 0 heterocycles. The molecule has 0 unspecified atom stereocenters. The lowest BCUT2D eigenvalue weighted by Crippen LogP contribution is -1.99. The zero-order valence-corrected chi connectivity index (χ0v) is 18.5. The molecule has 0 fully saturated rings. The van der Waals surface area contributed by atoms with Gasteiger partial charge >= 0.3 is 0 Å². The van der Waals surface area contributed by atoms with Crippen LogP contribution in [0.5, 0.6) is 11.5 Å². The minimum absolute atomic E-state index is 0.273. The van der Waals surface area contributed by atoms with Gasteiger partial charge in [-0.25, -0.2) is 4.39 Å². The van der Waals surface area contributed by atoms with Crippen LogP contribution in [0.4, 0.5) is 4.39 Å². The quantitative estimate of drug-likeness (QED) is 0.208. The molecule has 0 saturated carbocycles. The normalized spacial score (nSPS) is 11.3. The Morgan fingerprint density at radius 2 is 1.30 bits per heavy atom. The third-order valence-electron chi connectivity index (χ3n) is 5.66. The van der Waals surface area contributed by atoms with E-state index in [4.69, 9.17) is 9.47 Å². The molecule has 0 bridgehead atoms. The highest BCUT2D eigenvalue weighted by Crippen LogP contribution is 2.33. The van der Waals surface area contributed by atoms with Crippen LogP contribution >= 0.6 is 0 Å². The van der Waals surface area contributed by atoms with Crippen LogP contribution in [0.2, 0.25) is 0 Å². The maximum absolute atomic E-state index is 14.9. The van der Waals surface area contributed by atoms with Crippen molar-refractivity contribution in [2.24, 2.45) is 0 Å². The molecule has 0 aliphatic heterocycles. The SMILES string of the molecule is CCCCCCCCCOc1ccc2c(ccc3c(F)c(OCCCC)ccc32)c1. The Kier molecular flexibility index (Phi) is 8.80. The van der Waals surface area contributed by atoms with Crippen molar-refractivity contribution in [2.45, 2.75) is 71.6 Å². The first kappa shape index (κ1) is 22.4. The van der Waals surface area contributed by atoms with Crippen molar-refractivity contribution in [1.29, 1.82) is 0 Å². The van der Waals surface area contributed by atoms with Crippen LogP contribution in [0.1, 0.15) is 71.6 Å². The van der Waals surface area contributed by atoms with Gasteiger partial charge in [0.2, 0.25) is 0 Å². The van der Waals surface area contributed by atoms with E-state index >= 15 is 0 Å². The number of rotatable bonds is 13. The van der Waals surface area contributed by atoms with Crippen LogP contribution in [0, 0.1) is 5.82 Å². The van der Waals surface area contributed by atoms with Crippen LogP contribution in [-0.4, -0.2) is 13.2 Å². The molecular weight excluding hydrogens is 375 g/mol. The maximum atomic E-state index is 14.9. The molecule has 0 N–H and O–H groups in total. The van der Waals surface area contributed by atoms with Gasteiger partial charge < -0.3 is 9.47 Å². The predicted octanol–water partition coefficient (Wildman–Crippen LogP) is 8.44. The molecule has 0 aliphatic rings. The van der Waals surface area contributed by atoms with Gasteiger partial charge in [0.25, 0.3) is 0 Å². The number of hydrogen-bond donors (Lipinski definition) is 0. The molecule has 162 valence electrons. The second-order valence-electron chi connectivity index (χ2n) is 8.09. The van der Waals surface area contributed by atoms with E-state index in [1.54, 1.807) is 6.07 Å². The molecule has 0 atom stereocenters. The van der Waals surface area contributed by atoms with Gasteiger partial charge in [-0.3, -0.25) is 0 Å². The first-order valence-electron chi connectivity index (χ1n) is 11.6. The van der Waals surface area contributed by atoms with Crippen molar-refractivity contribution in [2.75, 3.05) is 13.2 Å². The van der Waals surface area contributed by atoms with Gasteiger partial charge in [0, 0.05) is 5.39 Å². The molecule has 3 aromatic rings. The van der Waals surface area contributed by atoms with E-state index in [9.17, 15) is 4.39 Å². The van der Waals surface area contributed by atoms with Crippen LogP contribution < -0.4 is 9.47 Å². The average Bonchev–Trinajstić information content (AvgIpc) is 2.77. The smallest absolute Gasteiger partial charge is 0.172 e. The number of fused-ring (bicyclic) bond motifs is 3. The van der Waals surface area contributed by atoms with Crippen molar-refractivity contribution in [3.05, 3.63) is 48.3 Å². The van der Waals surface area contributed by atoms with Crippen molar-refractivity contribution >= 4 is 21.5 Å². The fourth-order valence-corrected chi connectivity index (χ4v) is 3.84. The summed E-state index contributed by atoms with van der Waals surface area (Å²) in [4.78, 5) is 0. The Morgan fingerprint density at radius 1 is 0.633 bits per heavy atom. The number of ether oxygens (including phenoxy) is 2. The van der Waals surface area contributed by atoms with E-state index in [2.05, 4.69) is 19.9 Å². The molecule has 0 radical (unpaired) electrons. The summed E-state index contributed by atoms with van der Waals surface area (Å²) in [5.74, 6) is 0.947. The lowest BCUT2D eigenvalue weighted by atomic mass is 10.0. The molecular formula is C27H35FO2. The van der Waals surface area contributed by atoms with E-state index in [1.165, 1.54) is 38.5 Å². The Labute approximate surface area is 180 Å². The maximum Gasteiger partial charge on any atom is 0.172 e. The summed E-state index contributed by atoms with van der Waals surface area (Å²) in [5, 5.41) is 3.62. The highest BCUT2D eigenvalue weighted by Gasteiger charge is 2.11. The summed E-state index contributed by atoms with van der Waals surface area (Å²) < 4.78 is 26.5. The molecule has 0 amide bonds. The monoisotopic (exact) mass is 410 g/mol. The van der Waals surface area contributed by atoms with Crippen molar-refractivity contribution in [1.82, 2.24) is 0 Å². The third kappa shape index (κ3) is 5.87. The molecule has 3 aromatic carbocycles. The first-order valence-corrected chi connectivity index (χ1v) is 11.6. The highest BCUT2D eigenvalue weighted by atomic mass is 19.1. The van der Waals surface area contributed by atoms with Gasteiger partial charge in [-0.1, -0.05) is 77.0 Å². The van der Waals surface area contributed by atoms with Gasteiger partial charge in [0.05, 0.1) is 13.2 Å². The minimum atomic E-state index is -0.273. The van der Waals surface area contributed by atoms with Gasteiger partial charge in [-0.2, -0.15) is 0 Å². The van der Waals surface area contributed by atoms with E-state index in [0.717, 1.165) is 47.8 Å². The molecule has 30 heavy (non-hydrogen) atoms. The molecule has 0 aromatic heterocycles. The van der Waals surface area contributed by atoms with Crippen LogP contribution in [0.15, 0.2) is 42.5 Å². The Hall–Kier alpha value is -2.29. The molecule has 0 saturated heterocycles. The number of benzene rings is 3. The zero-order valence-electron chi connectivity index (χ0n) is 18.5. The summed E-state index contributed by atoms with van der Waals surface area (Å²) >= 11 is 0. The van der Waals surface area contributed by atoms with Gasteiger partial charge in [-0.15, -0.1) is 0 Å². The average molecular weight is 411 g/mol. The summed E-state index contributed by atoms with van der Waals surface area (Å²) in [6, 6.07) is 13.6. The Morgan fingerprint density at radius 3 is 2.10 bits per heavy atom. The predicted molar refractivity (Wildman–Crippen MR) is 125 cm³/mol. The van der Waals surface area contributed by atoms with E-state index < -0.39 is 0 Å². The molecule has 3 heteroatoms. The zero-order chi connectivity index (χ0) is 21.2. The summed E-state index contributed by atoms with van der Waals surface area (Å²) in [6.45, 7) is 5.64. The fraction of sp³-hybridized carbons (Fsp3) is 0.481. The Bertz CT molecular complexity index is 935. The standard InChI is InChI=1S/C27H35FO2/c1-3-5-7-8-9-10-11-19-29-22-13-15-23-21(20-22)12-14-25-24(23)16-17-26(27(25)28)30-18-6-4-2/h12-17,20H,3-11,18-19H2,1-2H3. The topological polar surface area (TPSA) is 18.5 Å². The lowest BCUT2D eigenvalue weighted by Gasteiger charge is -2.12. The molecule has 0 spiro atoms. The highest BCUT2D eigenvalue weighted by molar-refractivity contribution is 6.08. The van der Waals surface area contributed by atoms with E-state index in [-0.39, 0.29) is 5.82 Å². The lowest BCUT2D eigenvalue weighted by molar-refractivity contribution is 0.295. The van der Waals surface area contributed by atoms with E-state index in [1.807, 2.05) is 30.3 Å². The Balaban J connectivity index is 1.62. The van der Waals surface area contributed by atoms with Gasteiger partial charge in [0.1, 0.15) is 5.75 Å². The minimum Gasteiger partial charge on any atom is -0.494 e. The largest absolute Gasteiger partial charge is 0.494 e.